The molecule has 1 aromatic carbocycles. The lowest BCUT2D eigenvalue weighted by atomic mass is 9.72. The van der Waals surface area contributed by atoms with Crippen LogP contribution < -0.4 is 10.6 Å². The van der Waals surface area contributed by atoms with Crippen molar-refractivity contribution in [2.24, 2.45) is 5.41 Å². The summed E-state index contributed by atoms with van der Waals surface area (Å²) >= 11 is 0. The van der Waals surface area contributed by atoms with E-state index in [0.29, 0.717) is 5.41 Å². The van der Waals surface area contributed by atoms with Gasteiger partial charge in [0.25, 0.3) is 0 Å². The van der Waals surface area contributed by atoms with Crippen LogP contribution in [0.15, 0.2) is 43.0 Å². The van der Waals surface area contributed by atoms with E-state index in [2.05, 4.69) is 27.8 Å². The van der Waals surface area contributed by atoms with Gasteiger partial charge in [-0.15, -0.1) is 0 Å². The second kappa shape index (κ2) is 7.72. The van der Waals surface area contributed by atoms with Gasteiger partial charge in [0.15, 0.2) is 0 Å². The molecule has 0 radical (unpaired) electrons. The number of amides is 2. The Morgan fingerprint density at radius 1 is 1.22 bits per heavy atom. The van der Waals surface area contributed by atoms with Crippen LogP contribution >= 0.6 is 0 Å². The predicted octanol–water partition coefficient (Wildman–Crippen LogP) is 3.11. The van der Waals surface area contributed by atoms with Crippen molar-refractivity contribution in [3.63, 3.8) is 0 Å². The predicted molar refractivity (Wildman–Crippen MR) is 106 cm³/mol. The van der Waals surface area contributed by atoms with E-state index in [4.69, 9.17) is 0 Å². The molecule has 1 spiro atoms. The Kier molecular flexibility index (Phi) is 5.16. The third-order valence-corrected chi connectivity index (χ3v) is 6.29. The van der Waals surface area contributed by atoms with Crippen molar-refractivity contribution in [3.8, 4) is 5.69 Å². The van der Waals surface area contributed by atoms with E-state index in [1.807, 2.05) is 34.7 Å². The van der Waals surface area contributed by atoms with Gasteiger partial charge >= 0.3 is 6.03 Å². The van der Waals surface area contributed by atoms with Crippen LogP contribution in [0.3, 0.4) is 0 Å². The number of urea groups is 1. The van der Waals surface area contributed by atoms with Crippen LogP contribution in [0.1, 0.15) is 44.2 Å². The first-order valence-electron chi connectivity index (χ1n) is 10.00. The molecular weight excluding hydrogens is 338 g/mol. The molecule has 2 saturated heterocycles. The minimum absolute atomic E-state index is 0.0317. The van der Waals surface area contributed by atoms with Crippen LogP contribution in [0.5, 0.6) is 0 Å². The number of rotatable bonds is 3. The molecule has 0 aliphatic carbocycles. The average molecular weight is 367 g/mol. The molecule has 1 aromatic heterocycles. The number of imidazole rings is 1. The van der Waals surface area contributed by atoms with Crippen LogP contribution in [-0.4, -0.2) is 46.7 Å². The van der Waals surface area contributed by atoms with Crippen LogP contribution in [0, 0.1) is 5.41 Å². The number of nitrogens with zero attached hydrogens (tertiary/aromatic N) is 3. The van der Waals surface area contributed by atoms with Gasteiger partial charge in [-0.25, -0.2) is 9.78 Å². The lowest BCUT2D eigenvalue weighted by molar-refractivity contribution is 0.0867. The molecule has 0 saturated carbocycles. The van der Waals surface area contributed by atoms with Crippen LogP contribution in [0.2, 0.25) is 0 Å². The second-order valence-electron chi connectivity index (χ2n) is 7.97. The summed E-state index contributed by atoms with van der Waals surface area (Å²) in [5, 5.41) is 6.63. The molecule has 2 N–H and O–H groups in total. The van der Waals surface area contributed by atoms with Crippen molar-refractivity contribution in [1.29, 1.82) is 0 Å². The maximum absolute atomic E-state index is 12.8. The van der Waals surface area contributed by atoms with E-state index in [-0.39, 0.29) is 12.1 Å². The highest BCUT2D eigenvalue weighted by Gasteiger charge is 2.36. The minimum atomic E-state index is -0.0317. The SMILES string of the molecule is CC(NC(=O)N1CCC2(CCNCC2)CC1)c1cccc(-n2ccnc2)c1. The van der Waals surface area contributed by atoms with Crippen LogP contribution in [0.4, 0.5) is 4.79 Å². The Labute approximate surface area is 161 Å². The van der Waals surface area contributed by atoms with E-state index in [1.54, 1.807) is 12.5 Å². The van der Waals surface area contributed by atoms with E-state index in [0.717, 1.165) is 50.3 Å². The van der Waals surface area contributed by atoms with Crippen LogP contribution in [0.25, 0.3) is 5.69 Å². The molecule has 4 rings (SSSR count). The molecule has 6 nitrogen and oxygen atoms in total. The van der Waals surface area contributed by atoms with Gasteiger partial charge in [0.2, 0.25) is 0 Å². The highest BCUT2D eigenvalue weighted by molar-refractivity contribution is 5.74. The Balaban J connectivity index is 1.35. The lowest BCUT2D eigenvalue weighted by Crippen LogP contribution is -2.50. The summed E-state index contributed by atoms with van der Waals surface area (Å²) in [6.45, 7) is 6.03. The molecule has 2 amide bonds. The van der Waals surface area contributed by atoms with Crippen molar-refractivity contribution in [2.45, 2.75) is 38.6 Å². The zero-order valence-electron chi connectivity index (χ0n) is 16.0. The molecule has 1 atom stereocenters. The van der Waals surface area contributed by atoms with Gasteiger partial charge in [-0.05, 0) is 68.8 Å². The summed E-state index contributed by atoms with van der Waals surface area (Å²) in [5.41, 5.74) is 2.62. The molecule has 27 heavy (non-hydrogen) atoms. The fourth-order valence-corrected chi connectivity index (χ4v) is 4.37. The summed E-state index contributed by atoms with van der Waals surface area (Å²) in [5.74, 6) is 0. The number of piperidine rings is 2. The highest BCUT2D eigenvalue weighted by atomic mass is 16.2. The van der Waals surface area contributed by atoms with Gasteiger partial charge in [-0.1, -0.05) is 12.1 Å². The highest BCUT2D eigenvalue weighted by Crippen LogP contribution is 2.39. The topological polar surface area (TPSA) is 62.2 Å². The van der Waals surface area contributed by atoms with E-state index in [1.165, 1.54) is 12.8 Å². The quantitative estimate of drug-likeness (QED) is 0.876. The molecule has 144 valence electrons. The zero-order chi connectivity index (χ0) is 18.7. The van der Waals surface area contributed by atoms with Crippen molar-refractivity contribution in [2.75, 3.05) is 26.2 Å². The van der Waals surface area contributed by atoms with E-state index < -0.39 is 0 Å². The molecule has 3 heterocycles. The van der Waals surface area contributed by atoms with Crippen LogP contribution in [-0.2, 0) is 0 Å². The maximum Gasteiger partial charge on any atom is 0.317 e. The normalized spacial score (nSPS) is 20.4. The third-order valence-electron chi connectivity index (χ3n) is 6.29. The first-order chi connectivity index (χ1) is 13.2. The van der Waals surface area contributed by atoms with Crippen molar-refractivity contribution >= 4 is 6.03 Å². The number of hydrogen-bond donors (Lipinski definition) is 2. The molecular formula is C21H29N5O. The smallest absolute Gasteiger partial charge is 0.317 e. The molecule has 2 fully saturated rings. The minimum Gasteiger partial charge on any atom is -0.331 e. The first kappa shape index (κ1) is 18.0. The standard InChI is InChI=1S/C21H29N5O/c1-17(18-3-2-4-19(15-18)26-14-11-23-16-26)24-20(27)25-12-7-21(8-13-25)5-9-22-10-6-21/h2-4,11,14-17,22H,5-10,12-13H2,1H3,(H,24,27). The van der Waals surface area contributed by atoms with Gasteiger partial charge < -0.3 is 20.1 Å². The number of carbonyl (C=O) groups excluding carboxylic acids is 1. The number of benzene rings is 1. The Hall–Kier alpha value is -2.34. The number of nitrogens with one attached hydrogen (secondary N) is 2. The molecule has 2 aliphatic heterocycles. The summed E-state index contributed by atoms with van der Waals surface area (Å²) < 4.78 is 1.97. The molecule has 0 bridgehead atoms. The Morgan fingerprint density at radius 3 is 2.70 bits per heavy atom. The largest absolute Gasteiger partial charge is 0.331 e. The van der Waals surface area contributed by atoms with E-state index >= 15 is 0 Å². The summed E-state index contributed by atoms with van der Waals surface area (Å²) in [6, 6.07) is 8.26. The van der Waals surface area contributed by atoms with Crippen molar-refractivity contribution < 1.29 is 4.79 Å². The summed E-state index contributed by atoms with van der Waals surface area (Å²) in [4.78, 5) is 18.8. The van der Waals surface area contributed by atoms with Gasteiger partial charge in [-0.2, -0.15) is 0 Å². The molecule has 6 heteroatoms. The van der Waals surface area contributed by atoms with E-state index in [9.17, 15) is 4.79 Å². The molecule has 2 aromatic rings. The van der Waals surface area contributed by atoms with Gasteiger partial charge in [0, 0.05) is 31.2 Å². The average Bonchev–Trinajstić information content (AvgIpc) is 3.24. The third kappa shape index (κ3) is 4.00. The van der Waals surface area contributed by atoms with Gasteiger partial charge in [0.1, 0.15) is 0 Å². The zero-order valence-corrected chi connectivity index (χ0v) is 16.0. The summed E-state index contributed by atoms with van der Waals surface area (Å²) in [6.07, 6.45) is 10.2. The lowest BCUT2D eigenvalue weighted by Gasteiger charge is -2.44. The first-order valence-corrected chi connectivity index (χ1v) is 10.00. The Bertz CT molecular complexity index is 757. The monoisotopic (exact) mass is 367 g/mol. The van der Waals surface area contributed by atoms with Gasteiger partial charge in [0.05, 0.1) is 12.4 Å². The maximum atomic E-state index is 12.8. The summed E-state index contributed by atoms with van der Waals surface area (Å²) in [7, 11) is 0. The molecule has 2 aliphatic rings. The number of likely N-dealkylation sites (tertiary alicyclic amines) is 1. The number of aromatic nitrogens is 2. The van der Waals surface area contributed by atoms with Gasteiger partial charge in [-0.3, -0.25) is 0 Å². The Morgan fingerprint density at radius 2 is 2.00 bits per heavy atom. The van der Waals surface area contributed by atoms with Crippen molar-refractivity contribution in [1.82, 2.24) is 25.1 Å². The van der Waals surface area contributed by atoms with Crippen molar-refractivity contribution in [3.05, 3.63) is 48.5 Å². The second-order valence-corrected chi connectivity index (χ2v) is 7.97. The number of hydrogen-bond acceptors (Lipinski definition) is 3. The molecule has 1 unspecified atom stereocenters. The number of carbonyl (C=O) groups is 1. The fourth-order valence-electron chi connectivity index (χ4n) is 4.37. The fraction of sp³-hybridized carbons (Fsp3) is 0.524.